The van der Waals surface area contributed by atoms with Crippen LogP contribution in [0.4, 0.5) is 4.39 Å². The van der Waals surface area contributed by atoms with Gasteiger partial charge in [0.2, 0.25) is 0 Å². The summed E-state index contributed by atoms with van der Waals surface area (Å²) in [5.41, 5.74) is 4.61. The summed E-state index contributed by atoms with van der Waals surface area (Å²) in [6.07, 6.45) is 2.41. The molecule has 0 saturated heterocycles. The first-order chi connectivity index (χ1) is 8.29. The summed E-state index contributed by atoms with van der Waals surface area (Å²) in [5, 5.41) is 0. The van der Waals surface area contributed by atoms with E-state index < -0.39 is 0 Å². The Bertz CT molecular complexity index is 456. The summed E-state index contributed by atoms with van der Waals surface area (Å²) in [7, 11) is 0. The van der Waals surface area contributed by atoms with Gasteiger partial charge in [-0.05, 0) is 29.8 Å². The SMILES string of the molecule is NNC(Cc1ccccn1)c1ccc(F)cc1. The molecule has 2 aromatic rings. The van der Waals surface area contributed by atoms with Crippen molar-refractivity contribution < 1.29 is 4.39 Å². The number of aromatic nitrogens is 1. The van der Waals surface area contributed by atoms with Gasteiger partial charge >= 0.3 is 0 Å². The maximum atomic E-state index is 12.8. The first kappa shape index (κ1) is 11.7. The number of nitrogens with one attached hydrogen (secondary N) is 1. The lowest BCUT2D eigenvalue weighted by atomic mass is 10.0. The first-order valence-corrected chi connectivity index (χ1v) is 5.41. The number of hydrazine groups is 1. The molecule has 0 aliphatic carbocycles. The molecule has 88 valence electrons. The van der Waals surface area contributed by atoms with Crippen LogP contribution < -0.4 is 11.3 Å². The molecule has 0 aliphatic heterocycles. The fourth-order valence-corrected chi connectivity index (χ4v) is 1.70. The second-order valence-electron chi connectivity index (χ2n) is 3.80. The number of nitrogens with two attached hydrogens (primary N) is 1. The third-order valence-corrected chi connectivity index (χ3v) is 2.61. The summed E-state index contributed by atoms with van der Waals surface area (Å²) in [4.78, 5) is 4.24. The molecule has 1 atom stereocenters. The van der Waals surface area contributed by atoms with Crippen molar-refractivity contribution in [3.05, 3.63) is 65.7 Å². The van der Waals surface area contributed by atoms with Crippen molar-refractivity contribution >= 4 is 0 Å². The van der Waals surface area contributed by atoms with E-state index in [-0.39, 0.29) is 11.9 Å². The smallest absolute Gasteiger partial charge is 0.123 e. The molecule has 0 amide bonds. The van der Waals surface area contributed by atoms with Crippen LogP contribution in [0.25, 0.3) is 0 Å². The van der Waals surface area contributed by atoms with E-state index in [1.54, 1.807) is 18.3 Å². The molecule has 1 aromatic heterocycles. The van der Waals surface area contributed by atoms with Gasteiger partial charge in [0, 0.05) is 18.3 Å². The molecule has 0 aliphatic rings. The van der Waals surface area contributed by atoms with Crippen molar-refractivity contribution in [2.75, 3.05) is 0 Å². The predicted molar refractivity (Wildman–Crippen MR) is 64.4 cm³/mol. The lowest BCUT2D eigenvalue weighted by molar-refractivity contribution is 0.543. The van der Waals surface area contributed by atoms with Crippen LogP contribution in [0, 0.1) is 5.82 Å². The van der Waals surface area contributed by atoms with Crippen LogP contribution in [0.1, 0.15) is 17.3 Å². The number of benzene rings is 1. The summed E-state index contributed by atoms with van der Waals surface area (Å²) in [6, 6.07) is 12.0. The van der Waals surface area contributed by atoms with Crippen LogP contribution in [-0.2, 0) is 6.42 Å². The van der Waals surface area contributed by atoms with Crippen LogP contribution in [0.3, 0.4) is 0 Å². The van der Waals surface area contributed by atoms with Crippen LogP contribution in [-0.4, -0.2) is 4.98 Å². The summed E-state index contributed by atoms with van der Waals surface area (Å²) >= 11 is 0. The fraction of sp³-hybridized carbons (Fsp3) is 0.154. The van der Waals surface area contributed by atoms with Crippen molar-refractivity contribution in [1.82, 2.24) is 10.4 Å². The minimum absolute atomic E-state index is 0.0644. The highest BCUT2D eigenvalue weighted by Crippen LogP contribution is 2.16. The van der Waals surface area contributed by atoms with Gasteiger partial charge in [-0.25, -0.2) is 4.39 Å². The maximum Gasteiger partial charge on any atom is 0.123 e. The molecular weight excluding hydrogens is 217 g/mol. The predicted octanol–water partition coefficient (Wildman–Crippen LogP) is 1.97. The molecule has 1 heterocycles. The Kier molecular flexibility index (Phi) is 3.80. The second-order valence-corrected chi connectivity index (χ2v) is 3.80. The molecule has 0 saturated carbocycles. The number of rotatable bonds is 4. The standard InChI is InChI=1S/C13H14FN3/c14-11-6-4-10(5-7-11)13(17-15)9-12-3-1-2-8-16-12/h1-8,13,17H,9,15H2. The van der Waals surface area contributed by atoms with Crippen LogP contribution >= 0.6 is 0 Å². The minimum atomic E-state index is -0.248. The van der Waals surface area contributed by atoms with E-state index in [4.69, 9.17) is 5.84 Å². The second kappa shape index (κ2) is 5.52. The Labute approximate surface area is 99.5 Å². The molecule has 0 fully saturated rings. The van der Waals surface area contributed by atoms with Crippen LogP contribution in [0.15, 0.2) is 48.7 Å². The molecule has 2 rings (SSSR count). The molecule has 0 bridgehead atoms. The monoisotopic (exact) mass is 231 g/mol. The zero-order valence-corrected chi connectivity index (χ0v) is 9.31. The Hall–Kier alpha value is -1.78. The average Bonchev–Trinajstić information content (AvgIpc) is 2.38. The Balaban J connectivity index is 2.14. The third-order valence-electron chi connectivity index (χ3n) is 2.61. The Morgan fingerprint density at radius 2 is 1.94 bits per heavy atom. The maximum absolute atomic E-state index is 12.8. The number of halogens is 1. The van der Waals surface area contributed by atoms with E-state index in [9.17, 15) is 4.39 Å². The molecule has 1 unspecified atom stereocenters. The largest absolute Gasteiger partial charge is 0.271 e. The van der Waals surface area contributed by atoms with E-state index in [2.05, 4.69) is 10.4 Å². The van der Waals surface area contributed by atoms with Gasteiger partial charge in [0.25, 0.3) is 0 Å². The van der Waals surface area contributed by atoms with Crippen molar-refractivity contribution in [3.8, 4) is 0 Å². The lowest BCUT2D eigenvalue weighted by Gasteiger charge is -2.15. The van der Waals surface area contributed by atoms with Crippen LogP contribution in [0.5, 0.6) is 0 Å². The van der Waals surface area contributed by atoms with E-state index in [0.717, 1.165) is 11.3 Å². The van der Waals surface area contributed by atoms with Gasteiger partial charge in [-0.2, -0.15) is 0 Å². The number of nitrogens with zero attached hydrogens (tertiary/aromatic N) is 1. The van der Waals surface area contributed by atoms with Gasteiger partial charge in [-0.15, -0.1) is 0 Å². The van der Waals surface area contributed by atoms with Gasteiger partial charge in [0.1, 0.15) is 5.82 Å². The minimum Gasteiger partial charge on any atom is -0.271 e. The normalized spacial score (nSPS) is 12.4. The highest BCUT2D eigenvalue weighted by Gasteiger charge is 2.10. The fourth-order valence-electron chi connectivity index (χ4n) is 1.70. The van der Waals surface area contributed by atoms with Gasteiger partial charge in [-0.3, -0.25) is 16.3 Å². The quantitative estimate of drug-likeness (QED) is 0.624. The first-order valence-electron chi connectivity index (χ1n) is 5.41. The summed E-state index contributed by atoms with van der Waals surface area (Å²) in [6.45, 7) is 0. The van der Waals surface area contributed by atoms with Crippen molar-refractivity contribution in [1.29, 1.82) is 0 Å². The molecule has 3 nitrogen and oxygen atoms in total. The Morgan fingerprint density at radius 3 is 2.53 bits per heavy atom. The number of hydrogen-bond donors (Lipinski definition) is 2. The highest BCUT2D eigenvalue weighted by molar-refractivity contribution is 5.21. The summed E-state index contributed by atoms with van der Waals surface area (Å²) in [5.74, 6) is 5.27. The van der Waals surface area contributed by atoms with Crippen LogP contribution in [0.2, 0.25) is 0 Å². The van der Waals surface area contributed by atoms with E-state index in [1.807, 2.05) is 18.2 Å². The van der Waals surface area contributed by atoms with Crippen molar-refractivity contribution in [2.45, 2.75) is 12.5 Å². The average molecular weight is 231 g/mol. The number of hydrogen-bond acceptors (Lipinski definition) is 3. The molecule has 0 radical (unpaired) electrons. The highest BCUT2D eigenvalue weighted by atomic mass is 19.1. The van der Waals surface area contributed by atoms with Gasteiger partial charge in [0.15, 0.2) is 0 Å². The van der Waals surface area contributed by atoms with E-state index in [1.165, 1.54) is 12.1 Å². The van der Waals surface area contributed by atoms with Crippen molar-refractivity contribution in [2.24, 2.45) is 5.84 Å². The van der Waals surface area contributed by atoms with Gasteiger partial charge < -0.3 is 0 Å². The van der Waals surface area contributed by atoms with E-state index >= 15 is 0 Å². The van der Waals surface area contributed by atoms with E-state index in [0.29, 0.717) is 6.42 Å². The molecule has 4 heteroatoms. The summed E-state index contributed by atoms with van der Waals surface area (Å²) < 4.78 is 12.8. The lowest BCUT2D eigenvalue weighted by Crippen LogP contribution is -2.29. The van der Waals surface area contributed by atoms with Gasteiger partial charge in [0.05, 0.1) is 6.04 Å². The zero-order chi connectivity index (χ0) is 12.1. The molecule has 1 aromatic carbocycles. The molecular formula is C13H14FN3. The molecule has 0 spiro atoms. The molecule has 17 heavy (non-hydrogen) atoms. The zero-order valence-electron chi connectivity index (χ0n) is 9.31. The topological polar surface area (TPSA) is 50.9 Å². The van der Waals surface area contributed by atoms with Gasteiger partial charge in [-0.1, -0.05) is 18.2 Å². The van der Waals surface area contributed by atoms with Crippen molar-refractivity contribution in [3.63, 3.8) is 0 Å². The molecule has 3 N–H and O–H groups in total. The Morgan fingerprint density at radius 1 is 1.18 bits per heavy atom. The third kappa shape index (κ3) is 3.09. The number of pyridine rings is 1.